The van der Waals surface area contributed by atoms with Crippen molar-refractivity contribution in [2.24, 2.45) is 0 Å². The summed E-state index contributed by atoms with van der Waals surface area (Å²) in [6.07, 6.45) is 10.9. The van der Waals surface area contributed by atoms with Gasteiger partial charge in [-0.05, 0) is 37.8 Å². The predicted molar refractivity (Wildman–Crippen MR) is 73.2 cm³/mol. The van der Waals surface area contributed by atoms with Crippen LogP contribution in [0.1, 0.15) is 25.7 Å². The molecule has 0 unspecified atom stereocenters. The lowest BCUT2D eigenvalue weighted by atomic mass is 9.93. The van der Waals surface area contributed by atoms with E-state index in [1.807, 2.05) is 29.1 Å². The molecule has 2 aromatic heterocycles. The van der Waals surface area contributed by atoms with Gasteiger partial charge in [-0.25, -0.2) is 9.97 Å². The Hall–Kier alpha value is -1.88. The maximum atomic E-state index is 9.49. The van der Waals surface area contributed by atoms with Crippen molar-refractivity contribution >= 4 is 5.69 Å². The van der Waals surface area contributed by atoms with Crippen LogP contribution >= 0.6 is 0 Å². The number of hydrogen-bond acceptors (Lipinski definition) is 4. The number of aromatic nitrogens is 3. The van der Waals surface area contributed by atoms with Gasteiger partial charge in [-0.3, -0.25) is 4.57 Å². The van der Waals surface area contributed by atoms with E-state index in [4.69, 9.17) is 0 Å². The summed E-state index contributed by atoms with van der Waals surface area (Å²) in [4.78, 5) is 8.42. The van der Waals surface area contributed by atoms with Crippen molar-refractivity contribution in [2.75, 3.05) is 5.32 Å². The number of nitrogens with one attached hydrogen (secondary N) is 1. The Labute approximate surface area is 112 Å². The number of nitrogens with zero attached hydrogens (tertiary/aromatic N) is 3. The van der Waals surface area contributed by atoms with Gasteiger partial charge >= 0.3 is 0 Å². The Bertz CT molecular complexity index is 501. The normalized spacial score (nSPS) is 23.2. The summed E-state index contributed by atoms with van der Waals surface area (Å²) in [7, 11) is 0. The van der Waals surface area contributed by atoms with Crippen LogP contribution in [0, 0.1) is 0 Å². The Morgan fingerprint density at radius 2 is 2.05 bits per heavy atom. The van der Waals surface area contributed by atoms with E-state index in [2.05, 4.69) is 15.3 Å². The standard InChI is InChI=1S/C14H18N4O/c19-13-4-1-11(2-5-13)17-12-3-6-14(16-9-12)18-8-7-15-10-18/h3,6-11,13,17,19H,1-2,4-5H2. The fraction of sp³-hybridized carbons (Fsp3) is 0.429. The molecule has 3 rings (SSSR count). The highest BCUT2D eigenvalue weighted by molar-refractivity contribution is 5.44. The molecule has 0 bridgehead atoms. The molecule has 1 aliphatic carbocycles. The Kier molecular flexibility index (Phi) is 3.46. The fourth-order valence-corrected chi connectivity index (χ4v) is 2.47. The zero-order chi connectivity index (χ0) is 13.1. The van der Waals surface area contributed by atoms with Crippen LogP contribution in [0.15, 0.2) is 37.1 Å². The highest BCUT2D eigenvalue weighted by Gasteiger charge is 2.18. The third kappa shape index (κ3) is 2.93. The summed E-state index contributed by atoms with van der Waals surface area (Å²) < 4.78 is 1.88. The van der Waals surface area contributed by atoms with Crippen LogP contribution in [0.3, 0.4) is 0 Å². The van der Waals surface area contributed by atoms with Gasteiger partial charge in [-0.15, -0.1) is 0 Å². The van der Waals surface area contributed by atoms with E-state index in [-0.39, 0.29) is 6.10 Å². The van der Waals surface area contributed by atoms with Gasteiger partial charge in [0, 0.05) is 18.4 Å². The number of pyridine rings is 1. The lowest BCUT2D eigenvalue weighted by molar-refractivity contribution is 0.126. The topological polar surface area (TPSA) is 63.0 Å². The zero-order valence-electron chi connectivity index (χ0n) is 10.7. The summed E-state index contributed by atoms with van der Waals surface area (Å²) in [5.41, 5.74) is 1.03. The second-order valence-electron chi connectivity index (χ2n) is 5.02. The van der Waals surface area contributed by atoms with E-state index >= 15 is 0 Å². The Morgan fingerprint density at radius 1 is 1.21 bits per heavy atom. The van der Waals surface area contributed by atoms with Gasteiger partial charge in [0.25, 0.3) is 0 Å². The molecule has 1 saturated carbocycles. The van der Waals surface area contributed by atoms with Gasteiger partial charge in [0.15, 0.2) is 0 Å². The molecule has 2 N–H and O–H groups in total. The van der Waals surface area contributed by atoms with Crippen LogP contribution in [-0.4, -0.2) is 31.8 Å². The molecule has 5 heteroatoms. The first kappa shape index (κ1) is 12.2. The highest BCUT2D eigenvalue weighted by atomic mass is 16.3. The molecule has 0 amide bonds. The van der Waals surface area contributed by atoms with Crippen molar-refractivity contribution in [1.29, 1.82) is 0 Å². The van der Waals surface area contributed by atoms with Gasteiger partial charge in [0.1, 0.15) is 12.1 Å². The van der Waals surface area contributed by atoms with Crippen LogP contribution in [0.5, 0.6) is 0 Å². The van der Waals surface area contributed by atoms with Crippen molar-refractivity contribution in [3.05, 3.63) is 37.1 Å². The minimum atomic E-state index is -0.111. The third-order valence-electron chi connectivity index (χ3n) is 3.58. The Balaban J connectivity index is 1.63. The van der Waals surface area contributed by atoms with Crippen LogP contribution in [0.4, 0.5) is 5.69 Å². The molecule has 0 aromatic carbocycles. The maximum absolute atomic E-state index is 9.49. The lowest BCUT2D eigenvalue weighted by Crippen LogP contribution is -2.28. The number of anilines is 1. The summed E-state index contributed by atoms with van der Waals surface area (Å²) in [5.74, 6) is 0.863. The average molecular weight is 258 g/mol. The molecular weight excluding hydrogens is 240 g/mol. The summed E-state index contributed by atoms with van der Waals surface area (Å²) >= 11 is 0. The van der Waals surface area contributed by atoms with E-state index < -0.39 is 0 Å². The lowest BCUT2D eigenvalue weighted by Gasteiger charge is -2.26. The van der Waals surface area contributed by atoms with E-state index in [1.165, 1.54) is 0 Å². The third-order valence-corrected chi connectivity index (χ3v) is 3.58. The van der Waals surface area contributed by atoms with Crippen molar-refractivity contribution in [2.45, 2.75) is 37.8 Å². The highest BCUT2D eigenvalue weighted by Crippen LogP contribution is 2.22. The van der Waals surface area contributed by atoms with Gasteiger partial charge in [-0.1, -0.05) is 0 Å². The minimum absolute atomic E-state index is 0.111. The SMILES string of the molecule is OC1CCC(Nc2ccc(-n3ccnc3)nc2)CC1. The number of hydrogen-bond donors (Lipinski definition) is 2. The van der Waals surface area contributed by atoms with Gasteiger partial charge in [0.2, 0.25) is 0 Å². The molecule has 100 valence electrons. The first-order valence-corrected chi connectivity index (χ1v) is 6.70. The number of aliphatic hydroxyl groups excluding tert-OH is 1. The molecule has 2 aromatic rings. The average Bonchev–Trinajstić information content (AvgIpc) is 2.96. The predicted octanol–water partition coefficient (Wildman–Crippen LogP) is 1.98. The Morgan fingerprint density at radius 3 is 2.68 bits per heavy atom. The monoisotopic (exact) mass is 258 g/mol. The zero-order valence-corrected chi connectivity index (χ0v) is 10.7. The fourth-order valence-electron chi connectivity index (χ4n) is 2.47. The summed E-state index contributed by atoms with van der Waals surface area (Å²) in [6.45, 7) is 0. The van der Waals surface area contributed by atoms with Crippen molar-refractivity contribution < 1.29 is 5.11 Å². The van der Waals surface area contributed by atoms with Crippen LogP contribution in [-0.2, 0) is 0 Å². The van der Waals surface area contributed by atoms with Gasteiger partial charge in [0.05, 0.1) is 18.0 Å². The largest absolute Gasteiger partial charge is 0.393 e. The minimum Gasteiger partial charge on any atom is -0.393 e. The summed E-state index contributed by atoms with van der Waals surface area (Å²) in [5, 5.41) is 13.0. The van der Waals surface area contributed by atoms with Crippen LogP contribution < -0.4 is 5.32 Å². The quantitative estimate of drug-likeness (QED) is 0.883. The van der Waals surface area contributed by atoms with Crippen LogP contribution in [0.2, 0.25) is 0 Å². The summed E-state index contributed by atoms with van der Waals surface area (Å²) in [6, 6.07) is 4.46. The molecule has 0 atom stereocenters. The second-order valence-corrected chi connectivity index (χ2v) is 5.02. The second kappa shape index (κ2) is 5.40. The molecule has 0 spiro atoms. The molecule has 19 heavy (non-hydrogen) atoms. The van der Waals surface area contributed by atoms with E-state index in [1.54, 1.807) is 12.5 Å². The first-order valence-electron chi connectivity index (χ1n) is 6.70. The molecule has 0 radical (unpaired) electrons. The van der Waals surface area contributed by atoms with Crippen molar-refractivity contribution in [3.8, 4) is 5.82 Å². The number of aliphatic hydroxyl groups is 1. The smallest absolute Gasteiger partial charge is 0.137 e. The molecule has 1 aliphatic rings. The number of imidazole rings is 1. The number of rotatable bonds is 3. The van der Waals surface area contributed by atoms with E-state index in [0.717, 1.165) is 37.2 Å². The maximum Gasteiger partial charge on any atom is 0.137 e. The molecule has 5 nitrogen and oxygen atoms in total. The van der Waals surface area contributed by atoms with E-state index in [9.17, 15) is 5.11 Å². The van der Waals surface area contributed by atoms with Crippen LogP contribution in [0.25, 0.3) is 5.82 Å². The molecule has 0 saturated heterocycles. The molecule has 2 heterocycles. The van der Waals surface area contributed by atoms with Crippen molar-refractivity contribution in [1.82, 2.24) is 14.5 Å². The molecular formula is C14H18N4O. The van der Waals surface area contributed by atoms with Gasteiger partial charge < -0.3 is 10.4 Å². The first-order chi connectivity index (χ1) is 9.31. The molecule has 0 aliphatic heterocycles. The van der Waals surface area contributed by atoms with Gasteiger partial charge in [-0.2, -0.15) is 0 Å². The van der Waals surface area contributed by atoms with Crippen molar-refractivity contribution in [3.63, 3.8) is 0 Å². The van der Waals surface area contributed by atoms with E-state index in [0.29, 0.717) is 6.04 Å². The molecule has 1 fully saturated rings.